The lowest BCUT2D eigenvalue weighted by Crippen LogP contribution is -2.43. The van der Waals surface area contributed by atoms with Gasteiger partial charge in [-0.25, -0.2) is 4.39 Å². The molecule has 0 heterocycles. The summed E-state index contributed by atoms with van der Waals surface area (Å²) in [7, 11) is 0. The van der Waals surface area contributed by atoms with Gasteiger partial charge in [-0.2, -0.15) is 0 Å². The van der Waals surface area contributed by atoms with Gasteiger partial charge in [-0.3, -0.25) is 9.59 Å². The van der Waals surface area contributed by atoms with E-state index in [0.717, 1.165) is 5.56 Å². The third-order valence-corrected chi connectivity index (χ3v) is 3.14. The molecule has 0 aliphatic heterocycles. The van der Waals surface area contributed by atoms with Gasteiger partial charge < -0.3 is 5.32 Å². The van der Waals surface area contributed by atoms with Gasteiger partial charge in [0.2, 0.25) is 0 Å². The molecule has 0 aliphatic carbocycles. The molecule has 0 bridgehead atoms. The molecular formula is C17H16FNO2. The van der Waals surface area contributed by atoms with Gasteiger partial charge in [0.05, 0.1) is 6.04 Å². The number of carbonyl (C=O) groups is 2. The lowest BCUT2D eigenvalue weighted by molar-refractivity contribution is -0.121. The van der Waals surface area contributed by atoms with Crippen LogP contribution in [0.25, 0.3) is 0 Å². The first-order chi connectivity index (χ1) is 10.2. The molecule has 1 atom stereocenters. The summed E-state index contributed by atoms with van der Waals surface area (Å²) in [6.45, 7) is -1.09. The van der Waals surface area contributed by atoms with Crippen LogP contribution in [0.5, 0.6) is 0 Å². The first kappa shape index (κ1) is 14.9. The Morgan fingerprint density at radius 1 is 0.952 bits per heavy atom. The average Bonchev–Trinajstić information content (AvgIpc) is 2.55. The molecule has 2 rings (SSSR count). The second-order valence-electron chi connectivity index (χ2n) is 4.68. The molecule has 1 amide bonds. The van der Waals surface area contributed by atoms with E-state index in [1.165, 1.54) is 0 Å². The molecule has 2 aromatic carbocycles. The van der Waals surface area contributed by atoms with Crippen LogP contribution < -0.4 is 5.32 Å². The number of nitrogens with one attached hydrogen (secondary N) is 1. The number of rotatable bonds is 6. The second kappa shape index (κ2) is 7.33. The minimum atomic E-state index is -1.09. The van der Waals surface area contributed by atoms with E-state index in [1.807, 2.05) is 30.3 Å². The minimum Gasteiger partial charge on any atom is -0.342 e. The van der Waals surface area contributed by atoms with Gasteiger partial charge in [0.1, 0.15) is 6.67 Å². The largest absolute Gasteiger partial charge is 0.342 e. The normalized spacial score (nSPS) is 11.7. The summed E-state index contributed by atoms with van der Waals surface area (Å²) in [4.78, 5) is 23.8. The fourth-order valence-corrected chi connectivity index (χ4v) is 2.02. The summed E-state index contributed by atoms with van der Waals surface area (Å²) < 4.78 is 12.7. The summed E-state index contributed by atoms with van der Waals surface area (Å²) in [6, 6.07) is 16.9. The van der Waals surface area contributed by atoms with Gasteiger partial charge in [-0.15, -0.1) is 0 Å². The number of benzene rings is 2. The summed E-state index contributed by atoms with van der Waals surface area (Å²) in [5, 5.41) is 2.60. The van der Waals surface area contributed by atoms with Crippen LogP contribution in [0.3, 0.4) is 0 Å². The number of Topliss-reactive ketones (excluding diaryl/α,β-unsaturated/α-hetero) is 1. The number of hydrogen-bond acceptors (Lipinski definition) is 2. The number of hydrogen-bond donors (Lipinski definition) is 1. The lowest BCUT2D eigenvalue weighted by Gasteiger charge is -2.16. The average molecular weight is 285 g/mol. The highest BCUT2D eigenvalue weighted by molar-refractivity contribution is 5.98. The number of amides is 1. The summed E-state index contributed by atoms with van der Waals surface area (Å²) >= 11 is 0. The smallest absolute Gasteiger partial charge is 0.251 e. The van der Waals surface area contributed by atoms with E-state index in [9.17, 15) is 14.0 Å². The Bertz CT molecular complexity index is 599. The quantitative estimate of drug-likeness (QED) is 0.886. The topological polar surface area (TPSA) is 46.2 Å². The van der Waals surface area contributed by atoms with Crippen molar-refractivity contribution in [3.05, 3.63) is 71.8 Å². The van der Waals surface area contributed by atoms with Gasteiger partial charge in [0.25, 0.3) is 5.91 Å². The summed E-state index contributed by atoms with van der Waals surface area (Å²) in [5.74, 6) is -0.999. The Hall–Kier alpha value is -2.49. The van der Waals surface area contributed by atoms with Crippen LogP contribution in [0.2, 0.25) is 0 Å². The molecule has 1 N–H and O–H groups in total. The van der Waals surface area contributed by atoms with E-state index in [-0.39, 0.29) is 12.3 Å². The monoisotopic (exact) mass is 285 g/mol. The van der Waals surface area contributed by atoms with Crippen molar-refractivity contribution in [3.63, 3.8) is 0 Å². The Morgan fingerprint density at radius 3 is 2.10 bits per heavy atom. The Kier molecular flexibility index (Phi) is 5.21. The van der Waals surface area contributed by atoms with Crippen LogP contribution in [-0.2, 0) is 11.2 Å². The number of ketones is 1. The third kappa shape index (κ3) is 4.24. The van der Waals surface area contributed by atoms with Crippen molar-refractivity contribution in [1.29, 1.82) is 0 Å². The molecule has 4 heteroatoms. The molecule has 0 aromatic heterocycles. The molecule has 2 aromatic rings. The molecule has 1 unspecified atom stereocenters. The van der Waals surface area contributed by atoms with Crippen LogP contribution in [0.1, 0.15) is 15.9 Å². The molecule has 0 spiro atoms. The molecule has 0 aliphatic rings. The maximum Gasteiger partial charge on any atom is 0.251 e. The molecule has 0 saturated heterocycles. The Labute approximate surface area is 122 Å². The number of carbonyl (C=O) groups excluding carboxylic acids is 2. The zero-order valence-electron chi connectivity index (χ0n) is 11.5. The van der Waals surface area contributed by atoms with Crippen molar-refractivity contribution in [2.45, 2.75) is 12.5 Å². The Morgan fingerprint density at radius 2 is 1.52 bits per heavy atom. The van der Waals surface area contributed by atoms with Gasteiger partial charge in [0, 0.05) is 5.56 Å². The van der Waals surface area contributed by atoms with E-state index >= 15 is 0 Å². The van der Waals surface area contributed by atoms with Crippen LogP contribution in [0.15, 0.2) is 60.7 Å². The van der Waals surface area contributed by atoms with E-state index in [4.69, 9.17) is 0 Å². The fraction of sp³-hybridized carbons (Fsp3) is 0.176. The van der Waals surface area contributed by atoms with E-state index in [0.29, 0.717) is 5.56 Å². The van der Waals surface area contributed by atoms with Crippen LogP contribution in [0.4, 0.5) is 4.39 Å². The zero-order chi connectivity index (χ0) is 15.1. The van der Waals surface area contributed by atoms with Gasteiger partial charge in [0.15, 0.2) is 5.78 Å². The van der Waals surface area contributed by atoms with Crippen molar-refractivity contribution < 1.29 is 14.0 Å². The fourth-order valence-electron chi connectivity index (χ4n) is 2.02. The molecule has 108 valence electrons. The van der Waals surface area contributed by atoms with Crippen molar-refractivity contribution >= 4 is 11.7 Å². The number of alkyl halides is 1. The highest BCUT2D eigenvalue weighted by atomic mass is 19.1. The van der Waals surface area contributed by atoms with Crippen molar-refractivity contribution in [2.24, 2.45) is 0 Å². The molecule has 21 heavy (non-hydrogen) atoms. The predicted octanol–water partition coefficient (Wildman–Crippen LogP) is 2.57. The van der Waals surface area contributed by atoms with Crippen LogP contribution >= 0.6 is 0 Å². The predicted molar refractivity (Wildman–Crippen MR) is 78.8 cm³/mol. The summed E-state index contributed by atoms with van der Waals surface area (Å²) in [6.07, 6.45) is 0.280. The maximum atomic E-state index is 12.7. The first-order valence-electron chi connectivity index (χ1n) is 6.69. The van der Waals surface area contributed by atoms with Crippen molar-refractivity contribution in [2.75, 3.05) is 6.67 Å². The SMILES string of the molecule is O=C(NC(Cc1ccccc1)C(=O)CF)c1ccccc1. The van der Waals surface area contributed by atoms with E-state index in [1.54, 1.807) is 30.3 Å². The third-order valence-electron chi connectivity index (χ3n) is 3.14. The van der Waals surface area contributed by atoms with E-state index < -0.39 is 18.5 Å². The maximum absolute atomic E-state index is 12.7. The van der Waals surface area contributed by atoms with Gasteiger partial charge in [-0.1, -0.05) is 48.5 Å². The highest BCUT2D eigenvalue weighted by Crippen LogP contribution is 2.06. The summed E-state index contributed by atoms with van der Waals surface area (Å²) in [5.41, 5.74) is 1.32. The molecule has 0 fully saturated rings. The first-order valence-corrected chi connectivity index (χ1v) is 6.69. The molecular weight excluding hydrogens is 269 g/mol. The second-order valence-corrected chi connectivity index (χ2v) is 4.68. The van der Waals surface area contributed by atoms with Crippen LogP contribution in [0, 0.1) is 0 Å². The van der Waals surface area contributed by atoms with Crippen molar-refractivity contribution in [1.82, 2.24) is 5.32 Å². The lowest BCUT2D eigenvalue weighted by atomic mass is 10.0. The van der Waals surface area contributed by atoms with Gasteiger partial charge in [-0.05, 0) is 24.1 Å². The number of halogens is 1. The minimum absolute atomic E-state index is 0.280. The molecule has 0 radical (unpaired) electrons. The Balaban J connectivity index is 2.10. The van der Waals surface area contributed by atoms with Crippen molar-refractivity contribution in [3.8, 4) is 0 Å². The molecule has 0 saturated carbocycles. The zero-order valence-corrected chi connectivity index (χ0v) is 11.5. The van der Waals surface area contributed by atoms with Crippen LogP contribution in [-0.4, -0.2) is 24.4 Å². The standard InChI is InChI=1S/C17H16FNO2/c18-12-16(20)15(11-13-7-3-1-4-8-13)19-17(21)14-9-5-2-6-10-14/h1-10,15H,11-12H2,(H,19,21). The van der Waals surface area contributed by atoms with E-state index in [2.05, 4.69) is 5.32 Å². The highest BCUT2D eigenvalue weighted by Gasteiger charge is 2.21. The van der Waals surface area contributed by atoms with Gasteiger partial charge >= 0.3 is 0 Å². The molecule has 3 nitrogen and oxygen atoms in total.